The summed E-state index contributed by atoms with van der Waals surface area (Å²) in [7, 11) is -2.00. The zero-order valence-corrected chi connectivity index (χ0v) is 25.2. The van der Waals surface area contributed by atoms with E-state index in [2.05, 4.69) is 93.6 Å². The largest absolute Gasteiger partial charge is 0.413 e. The highest BCUT2D eigenvalue weighted by Crippen LogP contribution is 2.36. The third-order valence-electron chi connectivity index (χ3n) is 7.46. The highest BCUT2D eigenvalue weighted by molar-refractivity contribution is 6.71. The van der Waals surface area contributed by atoms with Crippen LogP contribution in [0.5, 0.6) is 0 Å². The van der Waals surface area contributed by atoms with Crippen LogP contribution in [0.2, 0.25) is 19.1 Å². The third kappa shape index (κ3) is 8.40. The molecule has 3 rings (SSSR count). The van der Waals surface area contributed by atoms with E-state index >= 15 is 0 Å². The lowest BCUT2D eigenvalue weighted by Gasteiger charge is -2.41. The summed E-state index contributed by atoms with van der Waals surface area (Å²) < 4.78 is 9.09. The van der Waals surface area contributed by atoms with Crippen LogP contribution in [-0.4, -0.2) is 29.9 Å². The van der Waals surface area contributed by atoms with E-state index in [1.54, 1.807) is 6.20 Å². The fourth-order valence-corrected chi connectivity index (χ4v) is 7.59. The summed E-state index contributed by atoms with van der Waals surface area (Å²) in [5, 5.41) is 3.20. The maximum Gasteiger partial charge on any atom is 0.235 e. The standard InChI is InChI=1S/C32H47N3O2Si/c1-7-8-24-38(5,6)37-29(21-15-20-27-16-11-9-12-17-27)32(4,25-28-18-13-10-14-19-28)30(36)34-31-33-22-23-35(31)26(2)3/h9-14,16-19,22-23,26,29H,7-8,15,20-21,24-25H2,1-6H3,(H,33,34,36). The topological polar surface area (TPSA) is 56.1 Å². The number of aryl methyl sites for hydroxylation is 1. The summed E-state index contributed by atoms with van der Waals surface area (Å²) in [5.74, 6) is 0.564. The van der Waals surface area contributed by atoms with Gasteiger partial charge in [-0.2, -0.15) is 0 Å². The molecule has 2 aromatic carbocycles. The molecule has 3 aromatic rings. The summed E-state index contributed by atoms with van der Waals surface area (Å²) in [4.78, 5) is 18.7. The molecule has 1 amide bonds. The molecule has 6 heteroatoms. The van der Waals surface area contributed by atoms with Crippen LogP contribution in [0, 0.1) is 5.41 Å². The van der Waals surface area contributed by atoms with Crippen molar-refractivity contribution in [2.24, 2.45) is 5.41 Å². The Hall–Kier alpha value is -2.70. The number of hydrogen-bond donors (Lipinski definition) is 1. The van der Waals surface area contributed by atoms with E-state index in [9.17, 15) is 4.79 Å². The van der Waals surface area contributed by atoms with Gasteiger partial charge in [0.05, 0.1) is 11.5 Å². The third-order valence-corrected chi connectivity index (χ3v) is 9.94. The Morgan fingerprint density at radius 3 is 2.26 bits per heavy atom. The summed E-state index contributed by atoms with van der Waals surface area (Å²) in [5.41, 5.74) is 1.70. The van der Waals surface area contributed by atoms with Gasteiger partial charge in [-0.1, -0.05) is 80.4 Å². The number of nitrogens with one attached hydrogen (secondary N) is 1. The summed E-state index contributed by atoms with van der Waals surface area (Å²) >= 11 is 0. The van der Waals surface area contributed by atoms with Gasteiger partial charge in [-0.25, -0.2) is 4.98 Å². The van der Waals surface area contributed by atoms with E-state index in [-0.39, 0.29) is 18.1 Å². The number of benzene rings is 2. The van der Waals surface area contributed by atoms with Crippen LogP contribution in [0.15, 0.2) is 73.1 Å². The molecule has 2 unspecified atom stereocenters. The number of carbonyl (C=O) groups excluding carboxylic acids is 1. The number of amides is 1. The fourth-order valence-electron chi connectivity index (χ4n) is 5.12. The number of unbranched alkanes of at least 4 members (excludes halogenated alkanes) is 1. The van der Waals surface area contributed by atoms with Gasteiger partial charge in [-0.15, -0.1) is 0 Å². The Bertz CT molecular complexity index is 1110. The minimum atomic E-state index is -2.00. The maximum absolute atomic E-state index is 14.3. The number of rotatable bonds is 15. The Morgan fingerprint density at radius 2 is 1.66 bits per heavy atom. The predicted octanol–water partition coefficient (Wildman–Crippen LogP) is 8.06. The number of anilines is 1. The fraction of sp³-hybridized carbons (Fsp3) is 0.500. The van der Waals surface area contributed by atoms with Crippen molar-refractivity contribution in [3.05, 3.63) is 84.2 Å². The first-order chi connectivity index (χ1) is 18.1. The van der Waals surface area contributed by atoms with E-state index in [1.807, 2.05) is 29.0 Å². The van der Waals surface area contributed by atoms with E-state index in [4.69, 9.17) is 4.43 Å². The van der Waals surface area contributed by atoms with Gasteiger partial charge in [0.1, 0.15) is 0 Å². The zero-order valence-electron chi connectivity index (χ0n) is 24.2. The van der Waals surface area contributed by atoms with Gasteiger partial charge in [0, 0.05) is 18.4 Å². The van der Waals surface area contributed by atoms with E-state index < -0.39 is 13.7 Å². The molecule has 0 radical (unpaired) electrons. The molecule has 0 aliphatic carbocycles. The van der Waals surface area contributed by atoms with Crippen molar-refractivity contribution in [3.8, 4) is 0 Å². The Balaban J connectivity index is 1.94. The molecule has 0 aliphatic heterocycles. The minimum absolute atomic E-state index is 0.0283. The van der Waals surface area contributed by atoms with Crippen molar-refractivity contribution in [2.45, 2.75) is 97.5 Å². The molecule has 1 aromatic heterocycles. The maximum atomic E-state index is 14.3. The highest BCUT2D eigenvalue weighted by Gasteiger charge is 2.44. The Morgan fingerprint density at radius 1 is 1.03 bits per heavy atom. The molecule has 0 aliphatic rings. The van der Waals surface area contributed by atoms with Crippen molar-refractivity contribution >= 4 is 20.2 Å². The lowest BCUT2D eigenvalue weighted by molar-refractivity contribution is -0.130. The Kier molecular flexibility index (Phi) is 10.9. The van der Waals surface area contributed by atoms with Crippen LogP contribution in [0.4, 0.5) is 5.95 Å². The van der Waals surface area contributed by atoms with Crippen LogP contribution in [0.1, 0.15) is 70.5 Å². The smallest absolute Gasteiger partial charge is 0.235 e. The number of aromatic nitrogens is 2. The lowest BCUT2D eigenvalue weighted by Crippen LogP contribution is -2.51. The highest BCUT2D eigenvalue weighted by atomic mass is 28.4. The first-order valence-electron chi connectivity index (χ1n) is 14.2. The summed E-state index contributed by atoms with van der Waals surface area (Å²) in [6.07, 6.45) is 9.14. The minimum Gasteiger partial charge on any atom is -0.413 e. The van der Waals surface area contributed by atoms with Gasteiger partial charge >= 0.3 is 0 Å². The molecule has 0 saturated heterocycles. The van der Waals surface area contributed by atoms with E-state index in [0.717, 1.165) is 43.7 Å². The number of carbonyl (C=O) groups is 1. The van der Waals surface area contributed by atoms with Crippen LogP contribution in [0.25, 0.3) is 0 Å². The Labute approximate surface area is 231 Å². The van der Waals surface area contributed by atoms with Crippen LogP contribution < -0.4 is 5.32 Å². The molecule has 0 bridgehead atoms. The number of hydrogen-bond acceptors (Lipinski definition) is 3. The first-order valence-corrected chi connectivity index (χ1v) is 17.4. The van der Waals surface area contributed by atoms with Crippen molar-refractivity contribution in [1.82, 2.24) is 9.55 Å². The van der Waals surface area contributed by atoms with Gasteiger partial charge in [0.2, 0.25) is 11.9 Å². The average Bonchev–Trinajstić information content (AvgIpc) is 3.36. The second kappa shape index (κ2) is 13.9. The molecule has 5 nitrogen and oxygen atoms in total. The van der Waals surface area contributed by atoms with Crippen molar-refractivity contribution < 1.29 is 9.22 Å². The second-order valence-electron chi connectivity index (χ2n) is 11.6. The molecule has 0 spiro atoms. The van der Waals surface area contributed by atoms with E-state index in [0.29, 0.717) is 12.4 Å². The summed E-state index contributed by atoms with van der Waals surface area (Å²) in [6, 6.07) is 22.2. The van der Waals surface area contributed by atoms with Crippen LogP contribution in [0.3, 0.4) is 0 Å². The lowest BCUT2D eigenvalue weighted by atomic mass is 9.75. The van der Waals surface area contributed by atoms with Crippen LogP contribution in [-0.2, 0) is 22.1 Å². The van der Waals surface area contributed by atoms with Gasteiger partial charge in [-0.3, -0.25) is 10.1 Å². The van der Waals surface area contributed by atoms with Crippen molar-refractivity contribution in [1.29, 1.82) is 0 Å². The number of imidazole rings is 1. The van der Waals surface area contributed by atoms with Gasteiger partial charge in [0.25, 0.3) is 0 Å². The molecule has 206 valence electrons. The quantitative estimate of drug-likeness (QED) is 0.201. The average molecular weight is 534 g/mol. The van der Waals surface area contributed by atoms with Gasteiger partial charge < -0.3 is 8.99 Å². The molecule has 2 atom stereocenters. The monoisotopic (exact) mass is 533 g/mol. The SMILES string of the molecule is CCCC[Si](C)(C)OC(CCCc1ccccc1)C(C)(Cc1ccccc1)C(=O)Nc1nccn1C(C)C. The van der Waals surface area contributed by atoms with Gasteiger partial charge in [0.15, 0.2) is 8.32 Å². The van der Waals surface area contributed by atoms with Crippen molar-refractivity contribution in [2.75, 3.05) is 5.32 Å². The van der Waals surface area contributed by atoms with Crippen LogP contribution >= 0.6 is 0 Å². The van der Waals surface area contributed by atoms with Crippen molar-refractivity contribution in [3.63, 3.8) is 0 Å². The van der Waals surface area contributed by atoms with E-state index in [1.165, 1.54) is 5.56 Å². The molecule has 38 heavy (non-hydrogen) atoms. The molecule has 0 fully saturated rings. The zero-order chi connectivity index (χ0) is 27.6. The van der Waals surface area contributed by atoms with Gasteiger partial charge in [-0.05, 0) is 76.7 Å². The molecule has 1 heterocycles. The second-order valence-corrected chi connectivity index (χ2v) is 15.9. The molecule has 1 N–H and O–H groups in total. The number of nitrogens with zero attached hydrogens (tertiary/aromatic N) is 2. The predicted molar refractivity (Wildman–Crippen MR) is 161 cm³/mol. The summed E-state index contributed by atoms with van der Waals surface area (Å²) in [6.45, 7) is 13.1. The normalized spacial score (nSPS) is 14.3. The molecular weight excluding hydrogens is 486 g/mol. The molecular formula is C32H47N3O2Si. The first kappa shape index (κ1) is 29.8. The molecule has 0 saturated carbocycles.